The van der Waals surface area contributed by atoms with Gasteiger partial charge in [0.2, 0.25) is 11.6 Å². The van der Waals surface area contributed by atoms with Gasteiger partial charge in [0.15, 0.2) is 35.4 Å². The Morgan fingerprint density at radius 1 is 0.625 bits per heavy atom. The zero-order chi connectivity index (χ0) is 39.3. The number of hydrogen-bond acceptors (Lipinski definition) is 16. The molecule has 56 heavy (non-hydrogen) atoms. The summed E-state index contributed by atoms with van der Waals surface area (Å²) in [6.45, 7) is -0.813. The zero-order valence-corrected chi connectivity index (χ0v) is 31.1. The average Bonchev–Trinajstić information content (AvgIpc) is 3.49. The molecule has 8 rings (SSSR count). The Morgan fingerprint density at radius 3 is 1.57 bits per heavy atom. The average molecular weight is 775 g/mol. The van der Waals surface area contributed by atoms with E-state index in [4.69, 9.17) is 20.9 Å². The first-order valence-electron chi connectivity index (χ1n) is 19.4. The number of anilines is 2. The lowest BCUT2D eigenvalue weighted by Gasteiger charge is -2.20. The Morgan fingerprint density at radius 2 is 1.11 bits per heavy atom. The second-order valence-electron chi connectivity index (χ2n) is 15.0. The molecule has 300 valence electrons. The number of imidazole rings is 2. The Balaban J connectivity index is 0.000000172. The lowest BCUT2D eigenvalue weighted by molar-refractivity contribution is -0.0511. The van der Waals surface area contributed by atoms with Crippen LogP contribution in [0.3, 0.4) is 0 Å². The monoisotopic (exact) mass is 774 g/mol. The van der Waals surface area contributed by atoms with Crippen molar-refractivity contribution in [1.82, 2.24) is 39.0 Å². The highest BCUT2D eigenvalue weighted by atomic mass is 16.6. The third kappa shape index (κ3) is 8.73. The van der Waals surface area contributed by atoms with Gasteiger partial charge in [-0.2, -0.15) is 0 Å². The van der Waals surface area contributed by atoms with Crippen LogP contribution in [-0.4, -0.2) is 120 Å². The van der Waals surface area contributed by atoms with Gasteiger partial charge in [0, 0.05) is 12.8 Å². The molecular weight excluding hydrogens is 724 g/mol. The number of aliphatic hydroxyl groups is 6. The van der Waals surface area contributed by atoms with E-state index in [1.54, 1.807) is 0 Å². The van der Waals surface area contributed by atoms with Crippen molar-refractivity contribution in [1.29, 1.82) is 0 Å². The highest BCUT2D eigenvalue weighted by molar-refractivity contribution is 5.82. The number of rotatable bonds is 9. The summed E-state index contributed by atoms with van der Waals surface area (Å²) in [6, 6.07) is 0. The van der Waals surface area contributed by atoms with Gasteiger partial charge in [-0.3, -0.25) is 9.13 Å². The van der Waals surface area contributed by atoms with Gasteiger partial charge in [0.05, 0.1) is 25.9 Å². The van der Waals surface area contributed by atoms with Gasteiger partial charge in [-0.15, -0.1) is 0 Å². The molecule has 2 saturated carbocycles. The van der Waals surface area contributed by atoms with E-state index in [1.807, 2.05) is 0 Å². The van der Waals surface area contributed by atoms with Crippen LogP contribution in [0.2, 0.25) is 0 Å². The zero-order valence-electron chi connectivity index (χ0n) is 31.1. The molecule has 4 aromatic heterocycles. The van der Waals surface area contributed by atoms with Crippen LogP contribution < -0.4 is 11.5 Å². The van der Waals surface area contributed by atoms with Gasteiger partial charge in [-0.05, 0) is 42.9 Å². The van der Waals surface area contributed by atoms with E-state index in [1.165, 1.54) is 73.2 Å². The van der Waals surface area contributed by atoms with E-state index in [-0.39, 0.29) is 23.3 Å². The number of fused-ring (bicyclic) bond motifs is 2. The van der Waals surface area contributed by atoms with Crippen molar-refractivity contribution in [3.8, 4) is 23.7 Å². The number of aromatic nitrogens is 8. The standard InChI is InChI=1S/C20H27N5O4.C18H23N5O4/c21-18-15-19(25(11-22-15)20-17(28)16(27)13(10-26)29-20)24-14(23-18)9-5-4-8-12-6-2-1-3-7-12;19-16-13-17(22-12(21-16)5-3-1-2-4-10-6-7-10)23(9-20-13)18-15(26)14(25)11(8-24)27-18/h11-13,16-17,20,26-28H,1-4,6-8,10H2,(H2,21,23,24);9-11,14-15,18,24-26H,1-2,4,6-8H2,(H2,19,21,22)/t13-,16-,17-,20-;11-,14-,15-,18-/m11/s1. The van der Waals surface area contributed by atoms with E-state index >= 15 is 0 Å². The highest BCUT2D eigenvalue weighted by Gasteiger charge is 2.45. The molecule has 0 bridgehead atoms. The number of nitrogens with two attached hydrogens (primary N) is 2. The molecule has 18 nitrogen and oxygen atoms in total. The molecule has 8 atom stereocenters. The van der Waals surface area contributed by atoms with Crippen LogP contribution in [0.4, 0.5) is 11.6 Å². The van der Waals surface area contributed by atoms with Crippen molar-refractivity contribution < 1.29 is 40.1 Å². The Labute approximate surface area is 323 Å². The third-order valence-corrected chi connectivity index (χ3v) is 10.9. The fraction of sp³-hybridized carbons (Fsp3) is 0.632. The molecule has 4 aliphatic rings. The van der Waals surface area contributed by atoms with Crippen LogP contribution in [0.15, 0.2) is 12.7 Å². The SMILES string of the molecule is Nc1nc(C#CCCC2CCCCC2)nc2c1ncn2[C@@H]1O[C@H](CO)[C@@H](O)[C@H]1O.Nc1nc(C#CCCCC2CC2)nc2c1ncn2[C@@H]1O[C@H](CO)[C@@H](O)[C@H]1O. The van der Waals surface area contributed by atoms with E-state index in [0.29, 0.717) is 22.3 Å². The molecule has 18 heteroatoms. The van der Waals surface area contributed by atoms with Crippen LogP contribution in [0.5, 0.6) is 0 Å². The molecule has 0 spiro atoms. The Kier molecular flexibility index (Phi) is 12.6. The summed E-state index contributed by atoms with van der Waals surface area (Å²) in [5, 5.41) is 59.1. The third-order valence-electron chi connectivity index (χ3n) is 10.9. The van der Waals surface area contributed by atoms with Crippen molar-refractivity contribution in [2.75, 3.05) is 24.7 Å². The van der Waals surface area contributed by atoms with Gasteiger partial charge in [0.25, 0.3) is 0 Å². The maximum Gasteiger partial charge on any atom is 0.208 e. The van der Waals surface area contributed by atoms with E-state index in [9.17, 15) is 30.6 Å². The smallest absolute Gasteiger partial charge is 0.208 e. The topological polar surface area (TPSA) is 279 Å². The van der Waals surface area contributed by atoms with Gasteiger partial charge in [0.1, 0.15) is 47.7 Å². The first kappa shape index (κ1) is 39.7. The van der Waals surface area contributed by atoms with Crippen LogP contribution in [0.1, 0.15) is 101 Å². The predicted octanol–water partition coefficient (Wildman–Crippen LogP) is 0.684. The second-order valence-corrected chi connectivity index (χ2v) is 15.0. The van der Waals surface area contributed by atoms with Crippen molar-refractivity contribution in [2.45, 2.75) is 126 Å². The summed E-state index contributed by atoms with van der Waals surface area (Å²) in [5.74, 6) is 14.7. The molecule has 10 N–H and O–H groups in total. The lowest BCUT2D eigenvalue weighted by Crippen LogP contribution is -2.33. The highest BCUT2D eigenvalue weighted by Crippen LogP contribution is 2.35. The molecule has 6 heterocycles. The maximum atomic E-state index is 10.3. The molecule has 4 fully saturated rings. The number of nitrogens with zero attached hydrogens (tertiary/aromatic N) is 8. The summed E-state index contributed by atoms with van der Waals surface area (Å²) in [6.07, 6.45) is 8.53. The Hall–Kier alpha value is -4.50. The molecule has 4 aromatic rings. The minimum atomic E-state index is -1.23. The van der Waals surface area contributed by atoms with E-state index in [2.05, 4.69) is 53.6 Å². The minimum absolute atomic E-state index is 0.188. The van der Waals surface area contributed by atoms with Gasteiger partial charge in [-0.1, -0.05) is 56.8 Å². The van der Waals surface area contributed by atoms with Crippen molar-refractivity contribution >= 4 is 34.0 Å². The summed E-state index contributed by atoms with van der Waals surface area (Å²) >= 11 is 0. The minimum Gasteiger partial charge on any atom is -0.394 e. The largest absolute Gasteiger partial charge is 0.394 e. The van der Waals surface area contributed by atoms with Gasteiger partial charge in [-0.25, -0.2) is 29.9 Å². The quantitative estimate of drug-likeness (QED) is 0.0858. The van der Waals surface area contributed by atoms with Crippen LogP contribution in [-0.2, 0) is 9.47 Å². The summed E-state index contributed by atoms with van der Waals surface area (Å²) in [5.41, 5.74) is 13.5. The maximum absolute atomic E-state index is 10.3. The van der Waals surface area contributed by atoms with Crippen molar-refractivity contribution in [3.63, 3.8) is 0 Å². The molecule has 0 unspecified atom stereocenters. The fourth-order valence-electron chi connectivity index (χ4n) is 7.50. The van der Waals surface area contributed by atoms with Gasteiger partial charge >= 0.3 is 0 Å². The number of unbranched alkanes of at least 4 members (excludes halogenated alkanes) is 1. The molecule has 0 amide bonds. The molecule has 2 aliphatic heterocycles. The van der Waals surface area contributed by atoms with Gasteiger partial charge < -0.3 is 51.6 Å². The van der Waals surface area contributed by atoms with Crippen molar-refractivity contribution in [2.24, 2.45) is 11.8 Å². The number of ether oxygens (including phenoxy) is 2. The molecule has 2 aliphatic carbocycles. The Bertz CT molecular complexity index is 2100. The predicted molar refractivity (Wildman–Crippen MR) is 202 cm³/mol. The second kappa shape index (κ2) is 17.7. The molecule has 0 aromatic carbocycles. The molecule has 2 saturated heterocycles. The molecule has 0 radical (unpaired) electrons. The number of nitrogen functional groups attached to an aromatic ring is 2. The first-order valence-corrected chi connectivity index (χ1v) is 19.4. The fourth-order valence-corrected chi connectivity index (χ4v) is 7.50. The normalized spacial score (nSPS) is 27.8. The lowest BCUT2D eigenvalue weighted by atomic mass is 9.86. The summed E-state index contributed by atoms with van der Waals surface area (Å²) in [7, 11) is 0. The molecular formula is C38H50N10O8. The van der Waals surface area contributed by atoms with E-state index in [0.717, 1.165) is 37.5 Å². The van der Waals surface area contributed by atoms with Crippen molar-refractivity contribution in [3.05, 3.63) is 24.3 Å². The summed E-state index contributed by atoms with van der Waals surface area (Å²) < 4.78 is 14.1. The summed E-state index contributed by atoms with van der Waals surface area (Å²) in [4.78, 5) is 25.6. The van der Waals surface area contributed by atoms with Crippen LogP contribution in [0, 0.1) is 35.5 Å². The first-order chi connectivity index (χ1) is 27.2. The number of hydrogen-bond donors (Lipinski definition) is 8. The number of aliphatic hydroxyl groups excluding tert-OH is 6. The van der Waals surface area contributed by atoms with E-state index < -0.39 is 62.3 Å². The van der Waals surface area contributed by atoms with Crippen LogP contribution >= 0.6 is 0 Å². The van der Waals surface area contributed by atoms with Crippen LogP contribution in [0.25, 0.3) is 22.3 Å².